The number of aliphatic hydroxyl groups is 1. The van der Waals surface area contributed by atoms with Gasteiger partial charge in [-0.15, -0.1) is 0 Å². The van der Waals surface area contributed by atoms with Gasteiger partial charge in [-0.3, -0.25) is 4.79 Å². The second kappa shape index (κ2) is 12.9. The van der Waals surface area contributed by atoms with Crippen molar-refractivity contribution in [2.45, 2.75) is 54.7 Å². The van der Waals surface area contributed by atoms with Crippen LogP contribution in [0.2, 0.25) is 0 Å². The maximum atomic E-state index is 14.2. The number of carbonyl (C=O) groups excluding carboxylic acids is 1. The van der Waals surface area contributed by atoms with E-state index in [1.165, 1.54) is 18.4 Å². The summed E-state index contributed by atoms with van der Waals surface area (Å²) in [4.78, 5) is 21.0. The van der Waals surface area contributed by atoms with Gasteiger partial charge in [0, 0.05) is 51.0 Å². The highest BCUT2D eigenvalue weighted by Gasteiger charge is 2.42. The number of hydrogen-bond donors (Lipinski definition) is 2. The van der Waals surface area contributed by atoms with E-state index in [1.54, 1.807) is 25.6 Å². The monoisotopic (exact) mass is 596 g/mol. The van der Waals surface area contributed by atoms with Gasteiger partial charge in [0.25, 0.3) is 5.91 Å². The Hall–Kier alpha value is -3.25. The molecule has 1 aromatic heterocycles. The van der Waals surface area contributed by atoms with Crippen molar-refractivity contribution >= 4 is 15.7 Å². The number of aromatic nitrogens is 2. The number of nitrogens with one attached hydrogen (secondary N) is 1. The Labute approximate surface area is 247 Å². The Morgan fingerprint density at radius 3 is 2.62 bits per heavy atom. The number of imidazole rings is 1. The van der Waals surface area contributed by atoms with E-state index in [0.29, 0.717) is 56.2 Å². The minimum absolute atomic E-state index is 0.115. The molecule has 11 heteroatoms. The van der Waals surface area contributed by atoms with E-state index in [1.807, 2.05) is 39.8 Å². The SMILES string of the molecule is COC[C@]1(O)CCCC[C@H]1n1cnc(C(=O)N2CCNC[C@H]2CCOc2ccc(S(C)(=O)=O)cc2)c1-c1ccccc1. The Morgan fingerprint density at radius 2 is 1.90 bits per heavy atom. The summed E-state index contributed by atoms with van der Waals surface area (Å²) in [6.45, 7) is 2.41. The topological polar surface area (TPSA) is 123 Å². The highest BCUT2D eigenvalue weighted by atomic mass is 32.2. The van der Waals surface area contributed by atoms with Gasteiger partial charge < -0.3 is 29.4 Å². The smallest absolute Gasteiger partial charge is 0.275 e. The molecule has 3 aromatic rings. The van der Waals surface area contributed by atoms with E-state index in [-0.39, 0.29) is 29.5 Å². The van der Waals surface area contributed by atoms with Crippen LogP contribution in [0.4, 0.5) is 0 Å². The van der Waals surface area contributed by atoms with E-state index in [0.717, 1.165) is 24.8 Å². The number of methoxy groups -OCH3 is 1. The van der Waals surface area contributed by atoms with Gasteiger partial charge in [-0.05, 0) is 37.1 Å². The number of ether oxygens (including phenoxy) is 2. The van der Waals surface area contributed by atoms with E-state index in [9.17, 15) is 18.3 Å². The van der Waals surface area contributed by atoms with Crippen LogP contribution in [0, 0.1) is 0 Å². The van der Waals surface area contributed by atoms with Crippen LogP contribution in [0.15, 0.2) is 65.8 Å². The van der Waals surface area contributed by atoms with Crippen LogP contribution in [-0.2, 0) is 14.6 Å². The molecule has 0 unspecified atom stereocenters. The molecule has 2 aromatic carbocycles. The van der Waals surface area contributed by atoms with Crippen molar-refractivity contribution in [1.82, 2.24) is 19.8 Å². The maximum absolute atomic E-state index is 14.2. The quantitative estimate of drug-likeness (QED) is 0.366. The van der Waals surface area contributed by atoms with Crippen molar-refractivity contribution in [3.05, 3.63) is 66.6 Å². The maximum Gasteiger partial charge on any atom is 0.275 e. The second-order valence-electron chi connectivity index (χ2n) is 11.3. The number of hydrogen-bond acceptors (Lipinski definition) is 8. The van der Waals surface area contributed by atoms with Crippen molar-refractivity contribution in [1.29, 1.82) is 0 Å². The van der Waals surface area contributed by atoms with Crippen LogP contribution in [0.5, 0.6) is 5.75 Å². The molecule has 2 fully saturated rings. The van der Waals surface area contributed by atoms with E-state index in [4.69, 9.17) is 9.47 Å². The van der Waals surface area contributed by atoms with Gasteiger partial charge in [0.2, 0.25) is 0 Å². The first-order valence-electron chi connectivity index (χ1n) is 14.5. The molecule has 2 heterocycles. The normalized spacial score (nSPS) is 23.1. The molecule has 1 aliphatic heterocycles. The highest BCUT2D eigenvalue weighted by molar-refractivity contribution is 7.90. The van der Waals surface area contributed by atoms with Crippen LogP contribution in [0.3, 0.4) is 0 Å². The Bertz CT molecular complexity index is 1460. The molecule has 0 radical (unpaired) electrons. The predicted molar refractivity (Wildman–Crippen MR) is 159 cm³/mol. The van der Waals surface area contributed by atoms with Crippen molar-refractivity contribution in [3.8, 4) is 17.0 Å². The molecule has 0 bridgehead atoms. The van der Waals surface area contributed by atoms with Crippen LogP contribution in [-0.4, -0.2) is 91.7 Å². The zero-order valence-corrected chi connectivity index (χ0v) is 25.1. The minimum Gasteiger partial charge on any atom is -0.494 e. The molecular weight excluding hydrogens is 556 g/mol. The fraction of sp³-hybridized carbons (Fsp3) is 0.484. The molecule has 42 heavy (non-hydrogen) atoms. The summed E-state index contributed by atoms with van der Waals surface area (Å²) in [7, 11) is -1.67. The summed E-state index contributed by atoms with van der Waals surface area (Å²) in [6.07, 6.45) is 6.75. The summed E-state index contributed by atoms with van der Waals surface area (Å²) in [5.41, 5.74) is 0.903. The average molecular weight is 597 g/mol. The zero-order chi connectivity index (χ0) is 29.7. The number of amides is 1. The molecule has 1 amide bonds. The molecule has 226 valence electrons. The minimum atomic E-state index is -3.28. The van der Waals surface area contributed by atoms with E-state index < -0.39 is 15.4 Å². The first kappa shape index (κ1) is 30.2. The molecule has 1 saturated heterocycles. The summed E-state index contributed by atoms with van der Waals surface area (Å²) < 4.78 is 36.8. The number of sulfone groups is 1. The van der Waals surface area contributed by atoms with Crippen LogP contribution in [0.25, 0.3) is 11.3 Å². The zero-order valence-electron chi connectivity index (χ0n) is 24.2. The van der Waals surface area contributed by atoms with Gasteiger partial charge in [0.1, 0.15) is 11.4 Å². The van der Waals surface area contributed by atoms with Gasteiger partial charge in [-0.1, -0.05) is 43.2 Å². The molecule has 0 spiro atoms. The summed E-state index contributed by atoms with van der Waals surface area (Å²) in [6, 6.07) is 15.7. The standard InChI is InChI=1S/C31H40N4O6S/c1-40-21-31(37)16-7-6-10-27(31)35-22-33-28(29(35)23-8-4-3-5-9-23)30(36)34-18-17-32-20-24(34)15-19-41-25-11-13-26(14-12-25)42(2,38)39/h3-5,8-9,11-14,22,24,27,32,37H,6-7,10,15-21H2,1-2H3/t24-,27-,31-/m1/s1. The highest BCUT2D eigenvalue weighted by Crippen LogP contribution is 2.41. The fourth-order valence-corrected chi connectivity index (χ4v) is 6.80. The van der Waals surface area contributed by atoms with E-state index in [2.05, 4.69) is 10.3 Å². The Kier molecular flexibility index (Phi) is 9.32. The number of rotatable bonds is 10. The molecule has 2 N–H and O–H groups in total. The lowest BCUT2D eigenvalue weighted by Crippen LogP contribution is -2.54. The first-order valence-corrected chi connectivity index (χ1v) is 16.4. The van der Waals surface area contributed by atoms with Gasteiger partial charge >= 0.3 is 0 Å². The third-order valence-electron chi connectivity index (χ3n) is 8.31. The predicted octanol–water partition coefficient (Wildman–Crippen LogP) is 3.33. The van der Waals surface area contributed by atoms with Crippen molar-refractivity contribution in [3.63, 3.8) is 0 Å². The summed E-state index contributed by atoms with van der Waals surface area (Å²) in [5, 5.41) is 15.0. The van der Waals surface area contributed by atoms with Gasteiger partial charge in [-0.2, -0.15) is 0 Å². The molecule has 3 atom stereocenters. The van der Waals surface area contributed by atoms with E-state index >= 15 is 0 Å². The first-order chi connectivity index (χ1) is 20.2. The molecule has 5 rings (SSSR count). The Morgan fingerprint density at radius 1 is 1.14 bits per heavy atom. The third kappa shape index (κ3) is 6.54. The van der Waals surface area contributed by atoms with Crippen LogP contribution < -0.4 is 10.1 Å². The third-order valence-corrected chi connectivity index (χ3v) is 9.44. The lowest BCUT2D eigenvalue weighted by Gasteiger charge is -2.41. The van der Waals surface area contributed by atoms with Gasteiger partial charge in [0.15, 0.2) is 15.5 Å². The van der Waals surface area contributed by atoms with Crippen molar-refractivity contribution in [2.75, 3.05) is 46.2 Å². The number of benzene rings is 2. The number of piperazine rings is 1. The van der Waals surface area contributed by atoms with Crippen molar-refractivity contribution in [2.24, 2.45) is 0 Å². The van der Waals surface area contributed by atoms with Gasteiger partial charge in [-0.25, -0.2) is 13.4 Å². The lowest BCUT2D eigenvalue weighted by molar-refractivity contribution is -0.0893. The number of carbonyl (C=O) groups is 1. The van der Waals surface area contributed by atoms with Crippen LogP contribution in [0.1, 0.15) is 48.6 Å². The number of nitrogens with zero attached hydrogens (tertiary/aromatic N) is 3. The second-order valence-corrected chi connectivity index (χ2v) is 13.3. The van der Waals surface area contributed by atoms with Gasteiger partial charge in [0.05, 0.1) is 36.2 Å². The lowest BCUT2D eigenvalue weighted by atomic mass is 9.80. The molecule has 2 aliphatic rings. The summed E-state index contributed by atoms with van der Waals surface area (Å²) >= 11 is 0. The largest absolute Gasteiger partial charge is 0.494 e. The Balaban J connectivity index is 1.38. The molecular formula is C31H40N4O6S. The molecule has 1 saturated carbocycles. The summed E-state index contributed by atoms with van der Waals surface area (Å²) in [5.74, 6) is 0.424. The molecule has 1 aliphatic carbocycles. The average Bonchev–Trinajstić information content (AvgIpc) is 3.42. The molecule has 10 nitrogen and oxygen atoms in total. The van der Waals surface area contributed by atoms with Crippen LogP contribution >= 0.6 is 0 Å². The van der Waals surface area contributed by atoms with Crippen molar-refractivity contribution < 1.29 is 27.8 Å². The fourth-order valence-electron chi connectivity index (χ4n) is 6.17.